The van der Waals surface area contributed by atoms with Crippen molar-refractivity contribution in [3.63, 3.8) is 0 Å². The Bertz CT molecular complexity index is 2440. The molecule has 3 aromatic carbocycles. The molecule has 8 aromatic rings. The van der Waals surface area contributed by atoms with Gasteiger partial charge >= 0.3 is 6.18 Å². The van der Waals surface area contributed by atoms with E-state index in [9.17, 15) is 17.6 Å². The third-order valence-corrected chi connectivity index (χ3v) is 7.03. The van der Waals surface area contributed by atoms with Crippen molar-refractivity contribution < 1.29 is 30.8 Å². The van der Waals surface area contributed by atoms with Gasteiger partial charge in [-0.3, -0.25) is 0 Å². The quantitative estimate of drug-likeness (QED) is 0.131. The van der Waals surface area contributed by atoms with E-state index >= 15 is 0 Å². The first-order chi connectivity index (χ1) is 25.3. The second kappa shape index (κ2) is 16.7. The van der Waals surface area contributed by atoms with E-state index in [1.165, 1.54) is 12.7 Å². The van der Waals surface area contributed by atoms with Crippen molar-refractivity contribution >= 4 is 33.3 Å². The minimum atomic E-state index is -4.63. The molecule has 0 aliphatic rings. The van der Waals surface area contributed by atoms with Crippen molar-refractivity contribution in [3.05, 3.63) is 145 Å². The van der Waals surface area contributed by atoms with Crippen LogP contribution in [0.3, 0.4) is 0 Å². The number of rotatable bonds is 4. The Balaban J connectivity index is 0.000000146. The number of para-hydroxylation sites is 4. The highest BCUT2D eigenvalue weighted by atomic mass is 19.4. The van der Waals surface area contributed by atoms with Crippen molar-refractivity contribution in [2.75, 3.05) is 0 Å². The Kier molecular flexibility index (Phi) is 11.2. The summed E-state index contributed by atoms with van der Waals surface area (Å²) in [4.78, 5) is 24.0. The summed E-state index contributed by atoms with van der Waals surface area (Å²) in [6.07, 6.45) is 3.46. The van der Waals surface area contributed by atoms with Crippen LogP contribution in [0.4, 0.5) is 17.6 Å². The van der Waals surface area contributed by atoms with Gasteiger partial charge < -0.3 is 13.3 Å². The molecule has 0 saturated heterocycles. The lowest BCUT2D eigenvalue weighted by molar-refractivity contribution is -0.136. The van der Waals surface area contributed by atoms with Gasteiger partial charge in [0.15, 0.2) is 40.7 Å². The summed E-state index contributed by atoms with van der Waals surface area (Å²) in [7, 11) is 0. The molecule has 0 spiro atoms. The topological polar surface area (TPSA) is 117 Å². The molecule has 8 rings (SSSR count). The molecule has 13 heteroatoms. The van der Waals surface area contributed by atoms with Gasteiger partial charge in [0.1, 0.15) is 34.3 Å². The van der Waals surface area contributed by atoms with Crippen LogP contribution in [0.25, 0.3) is 33.3 Å². The largest absolute Gasteiger partial charge is 0.443 e. The smallest absolute Gasteiger partial charge is 0.418 e. The van der Waals surface area contributed by atoms with E-state index in [0.717, 1.165) is 39.9 Å². The number of nitrogens with zero attached hydrogens (tertiary/aromatic N) is 6. The molecule has 0 atom stereocenters. The first kappa shape index (κ1) is 35.0. The number of halogens is 4. The van der Waals surface area contributed by atoms with Gasteiger partial charge in [-0.05, 0) is 66.4 Å². The van der Waals surface area contributed by atoms with Crippen LogP contribution in [0.5, 0.6) is 0 Å². The molecule has 0 aliphatic carbocycles. The molecule has 0 fully saturated rings. The lowest BCUT2D eigenvalue weighted by Gasteiger charge is -2.05. The molecule has 9 nitrogen and oxygen atoms in total. The summed E-state index contributed by atoms with van der Waals surface area (Å²) in [6, 6.07) is 23.9. The van der Waals surface area contributed by atoms with Crippen LogP contribution < -0.4 is 0 Å². The minimum absolute atomic E-state index is 0.0101. The highest BCUT2D eigenvalue weighted by molar-refractivity contribution is 5.78. The van der Waals surface area contributed by atoms with Crippen molar-refractivity contribution in [1.29, 1.82) is 0 Å². The average Bonchev–Trinajstić information content (AvgIpc) is 3.92. The number of hydrogen-bond acceptors (Lipinski definition) is 9. The Hall–Kier alpha value is -6.86. The van der Waals surface area contributed by atoms with Crippen LogP contribution in [-0.2, 0) is 19.0 Å². The van der Waals surface area contributed by atoms with Crippen LogP contribution in [-0.4, -0.2) is 29.9 Å². The van der Waals surface area contributed by atoms with Crippen molar-refractivity contribution in [1.82, 2.24) is 29.9 Å². The van der Waals surface area contributed by atoms with Crippen LogP contribution >= 0.6 is 0 Å². The van der Waals surface area contributed by atoms with Gasteiger partial charge in [0.2, 0.25) is 0 Å². The maximum atomic E-state index is 13.6. The third kappa shape index (κ3) is 9.43. The first-order valence-corrected chi connectivity index (χ1v) is 15.8. The fourth-order valence-corrected chi connectivity index (χ4v) is 4.63. The van der Waals surface area contributed by atoms with E-state index in [2.05, 4.69) is 53.6 Å². The molecule has 0 unspecified atom stereocenters. The van der Waals surface area contributed by atoms with Crippen molar-refractivity contribution in [2.45, 2.75) is 31.9 Å². The third-order valence-electron chi connectivity index (χ3n) is 7.03. The van der Waals surface area contributed by atoms with Crippen molar-refractivity contribution in [3.8, 4) is 23.7 Å². The van der Waals surface area contributed by atoms with E-state index in [1.807, 2.05) is 48.5 Å². The zero-order chi connectivity index (χ0) is 36.2. The lowest BCUT2D eigenvalue weighted by Crippen LogP contribution is -2.06. The Labute approximate surface area is 293 Å². The number of pyridine rings is 1. The molecular formula is C39H26F4N6O3. The fourth-order valence-electron chi connectivity index (χ4n) is 4.63. The summed E-state index contributed by atoms with van der Waals surface area (Å²) in [5.74, 6) is 11.5. The van der Waals surface area contributed by atoms with Gasteiger partial charge in [-0.1, -0.05) is 42.2 Å². The standard InChI is InChI=1S/C17H10F4N2O.C15H11N3O.C7H5NO/c18-13-9-8-12(17(19,20)21)15-16(13)24-14(23-15)7-2-1-5-11-6-3-4-10-22-11;1(5-12-9-10-16-11-17-12)4-8-15-18-13-6-2-3-7-14(13)19-15;1-2-4-7-6(3-1)8-5-9-7/h3-4,6,8-10H,2,7H2;2-3,6-7,9-11H,4,8H2;1-5H. The van der Waals surface area contributed by atoms with Crippen LogP contribution in [0.2, 0.25) is 0 Å². The number of alkyl halides is 3. The van der Waals surface area contributed by atoms with Crippen molar-refractivity contribution in [2.24, 2.45) is 0 Å². The van der Waals surface area contributed by atoms with Crippen LogP contribution in [0, 0.1) is 29.5 Å². The lowest BCUT2D eigenvalue weighted by atomic mass is 10.2. The van der Waals surface area contributed by atoms with E-state index < -0.39 is 28.7 Å². The summed E-state index contributed by atoms with van der Waals surface area (Å²) < 4.78 is 68.1. The summed E-state index contributed by atoms with van der Waals surface area (Å²) >= 11 is 0. The predicted octanol–water partition coefficient (Wildman–Crippen LogP) is 8.79. The molecule has 0 N–H and O–H groups in total. The molecule has 5 aromatic heterocycles. The molecule has 258 valence electrons. The maximum absolute atomic E-state index is 13.6. The second-order valence-corrected chi connectivity index (χ2v) is 10.7. The van der Waals surface area contributed by atoms with E-state index in [1.54, 1.807) is 36.7 Å². The number of benzene rings is 3. The molecule has 0 saturated carbocycles. The monoisotopic (exact) mass is 702 g/mol. The van der Waals surface area contributed by atoms with Gasteiger partial charge in [-0.2, -0.15) is 13.2 Å². The van der Waals surface area contributed by atoms with E-state index in [4.69, 9.17) is 13.3 Å². The Morgan fingerprint density at radius 3 is 2.00 bits per heavy atom. The molecular weight excluding hydrogens is 676 g/mol. The van der Waals surface area contributed by atoms with Crippen LogP contribution in [0.15, 0.2) is 123 Å². The number of aromatic nitrogens is 6. The summed E-state index contributed by atoms with van der Waals surface area (Å²) in [5, 5.41) is 0. The highest BCUT2D eigenvalue weighted by Crippen LogP contribution is 2.35. The molecule has 0 amide bonds. The van der Waals surface area contributed by atoms with Crippen LogP contribution in [0.1, 0.15) is 41.6 Å². The van der Waals surface area contributed by atoms with E-state index in [-0.39, 0.29) is 12.3 Å². The second-order valence-electron chi connectivity index (χ2n) is 10.7. The van der Waals surface area contributed by atoms with Gasteiger partial charge in [0.25, 0.3) is 0 Å². The maximum Gasteiger partial charge on any atom is 0.418 e. The summed E-state index contributed by atoms with van der Waals surface area (Å²) in [5.41, 5.74) is 2.76. The zero-order valence-corrected chi connectivity index (χ0v) is 27.1. The minimum Gasteiger partial charge on any atom is -0.443 e. The molecule has 0 radical (unpaired) electrons. The van der Waals surface area contributed by atoms with Gasteiger partial charge in [-0.15, -0.1) is 0 Å². The van der Waals surface area contributed by atoms with E-state index in [0.29, 0.717) is 31.0 Å². The molecule has 5 heterocycles. The Morgan fingerprint density at radius 1 is 0.635 bits per heavy atom. The number of oxazole rings is 3. The Morgan fingerprint density at radius 2 is 1.33 bits per heavy atom. The number of fused-ring (bicyclic) bond motifs is 3. The predicted molar refractivity (Wildman–Crippen MR) is 184 cm³/mol. The molecule has 0 bridgehead atoms. The molecule has 52 heavy (non-hydrogen) atoms. The van der Waals surface area contributed by atoms with Gasteiger partial charge in [0, 0.05) is 38.1 Å². The normalized spacial score (nSPS) is 10.7. The zero-order valence-electron chi connectivity index (χ0n) is 27.1. The highest BCUT2D eigenvalue weighted by Gasteiger charge is 2.35. The van der Waals surface area contributed by atoms with Gasteiger partial charge in [0.05, 0.1) is 5.56 Å². The SMILES string of the molecule is C(#Cc1ccncn1)CCc1nc2ccccc2o1.Fc1ccc(C(F)(F)F)c2nc(CCC#Cc3ccccn3)oc12.c1ccc2ocnc2c1. The number of aryl methyl sites for hydroxylation is 2. The number of hydrogen-bond donors (Lipinski definition) is 0. The first-order valence-electron chi connectivity index (χ1n) is 15.8. The average molecular weight is 703 g/mol. The summed E-state index contributed by atoms with van der Waals surface area (Å²) in [6.45, 7) is 0. The fraction of sp³-hybridized carbons (Fsp3) is 0.128. The molecule has 0 aliphatic heterocycles. The van der Waals surface area contributed by atoms with Gasteiger partial charge in [-0.25, -0.2) is 34.3 Å².